The van der Waals surface area contributed by atoms with Gasteiger partial charge in [0.05, 0.1) is 18.8 Å². The van der Waals surface area contributed by atoms with Gasteiger partial charge in [0.15, 0.2) is 5.82 Å². The molecule has 0 bridgehead atoms. The Balaban J connectivity index is 1.44. The molecule has 5 heterocycles. The molecule has 5 rings (SSSR count). The van der Waals surface area contributed by atoms with E-state index in [0.717, 1.165) is 43.4 Å². The first kappa shape index (κ1) is 16.5. The van der Waals surface area contributed by atoms with Gasteiger partial charge in [0.25, 0.3) is 5.91 Å². The molecular weight excluding hydrogens is 346 g/mol. The number of hydrogen-bond donors (Lipinski definition) is 0. The highest BCUT2D eigenvalue weighted by Crippen LogP contribution is 2.31. The molecule has 0 radical (unpaired) electrons. The van der Waals surface area contributed by atoms with Gasteiger partial charge in [-0.1, -0.05) is 0 Å². The molecule has 0 aromatic carbocycles. The number of nitrogens with zero attached hydrogens (tertiary/aromatic N) is 7. The summed E-state index contributed by atoms with van der Waals surface area (Å²) in [6, 6.07) is 0.144. The topological polar surface area (TPSA) is 82.5 Å². The van der Waals surface area contributed by atoms with Gasteiger partial charge >= 0.3 is 0 Å². The second-order valence-corrected chi connectivity index (χ2v) is 7.50. The lowest BCUT2D eigenvalue weighted by Gasteiger charge is -2.33. The zero-order chi connectivity index (χ0) is 18.5. The van der Waals surface area contributed by atoms with Crippen LogP contribution in [0.3, 0.4) is 0 Å². The third kappa shape index (κ3) is 2.56. The maximum absolute atomic E-state index is 13.2. The highest BCUT2D eigenvalue weighted by Gasteiger charge is 2.33. The van der Waals surface area contributed by atoms with Gasteiger partial charge in [-0.05, 0) is 19.8 Å². The number of carbonyl (C=O) groups is 1. The lowest BCUT2D eigenvalue weighted by atomic mass is 9.99. The average molecular weight is 369 g/mol. The van der Waals surface area contributed by atoms with Crippen molar-refractivity contribution in [2.45, 2.75) is 38.3 Å². The normalized spacial score (nSPS) is 21.0. The Kier molecular flexibility index (Phi) is 3.78. The lowest BCUT2D eigenvalue weighted by molar-refractivity contribution is 0.0670. The molecule has 0 N–H and O–H groups in total. The number of aromatic nitrogens is 6. The molecule has 0 aliphatic carbocycles. The minimum atomic E-state index is -0.0134. The summed E-state index contributed by atoms with van der Waals surface area (Å²) in [6.45, 7) is 4.80. The highest BCUT2D eigenvalue weighted by atomic mass is 16.5. The first-order valence-corrected chi connectivity index (χ1v) is 9.43. The highest BCUT2D eigenvalue weighted by molar-refractivity contribution is 5.99. The summed E-state index contributed by atoms with van der Waals surface area (Å²) < 4.78 is 11.4. The van der Waals surface area contributed by atoms with Gasteiger partial charge < -0.3 is 18.8 Å². The number of amides is 1. The summed E-state index contributed by atoms with van der Waals surface area (Å²) in [7, 11) is 1.92. The number of aryl methyl sites for hydroxylation is 1. The molecule has 1 fully saturated rings. The number of fused-ring (bicyclic) bond motifs is 2. The summed E-state index contributed by atoms with van der Waals surface area (Å²) in [5.41, 5.74) is 1.43. The number of imidazole rings is 1. The summed E-state index contributed by atoms with van der Waals surface area (Å²) in [5.74, 6) is 2.28. The van der Waals surface area contributed by atoms with Gasteiger partial charge in [0.1, 0.15) is 17.0 Å². The van der Waals surface area contributed by atoms with Crippen molar-refractivity contribution in [2.75, 3.05) is 19.8 Å². The zero-order valence-corrected chi connectivity index (χ0v) is 15.6. The predicted molar refractivity (Wildman–Crippen MR) is 96.4 cm³/mol. The van der Waals surface area contributed by atoms with Gasteiger partial charge in [-0.15, -0.1) is 10.2 Å². The maximum Gasteiger partial charge on any atom is 0.259 e. The fourth-order valence-corrected chi connectivity index (χ4v) is 4.32. The van der Waals surface area contributed by atoms with Gasteiger partial charge in [-0.3, -0.25) is 4.79 Å². The second-order valence-electron chi connectivity index (χ2n) is 7.50. The van der Waals surface area contributed by atoms with Crippen LogP contribution in [0.1, 0.15) is 53.7 Å². The van der Waals surface area contributed by atoms with Crippen LogP contribution in [0.25, 0.3) is 5.65 Å². The summed E-state index contributed by atoms with van der Waals surface area (Å²) in [4.78, 5) is 15.0. The molecule has 3 aromatic rings. The zero-order valence-electron chi connectivity index (χ0n) is 15.6. The van der Waals surface area contributed by atoms with E-state index in [4.69, 9.17) is 4.74 Å². The minimum Gasteiger partial charge on any atom is -0.381 e. The van der Waals surface area contributed by atoms with Crippen molar-refractivity contribution in [3.8, 4) is 0 Å². The molecule has 1 atom stereocenters. The molecule has 1 amide bonds. The molecule has 27 heavy (non-hydrogen) atoms. The third-order valence-electron chi connectivity index (χ3n) is 5.69. The fraction of sp³-hybridized carbons (Fsp3) is 0.556. The van der Waals surface area contributed by atoms with Crippen LogP contribution in [0, 0.1) is 0 Å². The molecule has 2 aliphatic heterocycles. The maximum atomic E-state index is 13.2. The molecule has 0 saturated carbocycles. The van der Waals surface area contributed by atoms with E-state index < -0.39 is 0 Å². The van der Waals surface area contributed by atoms with E-state index in [1.54, 1.807) is 10.7 Å². The van der Waals surface area contributed by atoms with Crippen LogP contribution >= 0.6 is 0 Å². The van der Waals surface area contributed by atoms with E-state index in [1.165, 1.54) is 0 Å². The Hall–Kier alpha value is -2.68. The van der Waals surface area contributed by atoms with Crippen molar-refractivity contribution in [3.05, 3.63) is 35.8 Å². The first-order valence-electron chi connectivity index (χ1n) is 9.43. The van der Waals surface area contributed by atoms with Crippen LogP contribution in [0.2, 0.25) is 0 Å². The van der Waals surface area contributed by atoms with Crippen LogP contribution in [0.4, 0.5) is 0 Å². The Morgan fingerprint density at radius 1 is 1.22 bits per heavy atom. The molecule has 0 unspecified atom stereocenters. The van der Waals surface area contributed by atoms with Crippen molar-refractivity contribution in [2.24, 2.45) is 7.05 Å². The largest absolute Gasteiger partial charge is 0.381 e. The summed E-state index contributed by atoms with van der Waals surface area (Å²) >= 11 is 0. The summed E-state index contributed by atoms with van der Waals surface area (Å²) in [5, 5.41) is 13.2. The van der Waals surface area contributed by atoms with Gasteiger partial charge in [-0.2, -0.15) is 5.10 Å². The first-order chi connectivity index (χ1) is 13.1. The Morgan fingerprint density at radius 3 is 2.85 bits per heavy atom. The van der Waals surface area contributed by atoms with Gasteiger partial charge in [0.2, 0.25) is 0 Å². The van der Waals surface area contributed by atoms with Crippen molar-refractivity contribution >= 4 is 11.6 Å². The minimum absolute atomic E-state index is 0.0134. The molecule has 2 aliphatic rings. The second kappa shape index (κ2) is 6.19. The van der Waals surface area contributed by atoms with Gasteiger partial charge in [-0.25, -0.2) is 4.52 Å². The average Bonchev–Trinajstić information content (AvgIpc) is 3.38. The quantitative estimate of drug-likeness (QED) is 0.681. The van der Waals surface area contributed by atoms with E-state index in [-0.39, 0.29) is 11.9 Å². The molecule has 142 valence electrons. The predicted octanol–water partition coefficient (Wildman–Crippen LogP) is 1.38. The van der Waals surface area contributed by atoms with E-state index in [9.17, 15) is 4.79 Å². The van der Waals surface area contributed by atoms with Crippen LogP contribution in [-0.2, 0) is 18.3 Å². The van der Waals surface area contributed by atoms with Crippen LogP contribution in [-0.4, -0.2) is 59.5 Å². The van der Waals surface area contributed by atoms with Crippen LogP contribution in [0.15, 0.2) is 18.6 Å². The van der Waals surface area contributed by atoms with E-state index in [1.807, 2.05) is 28.9 Å². The van der Waals surface area contributed by atoms with Crippen molar-refractivity contribution in [1.29, 1.82) is 0 Å². The molecule has 0 spiro atoms. The van der Waals surface area contributed by atoms with Crippen molar-refractivity contribution in [1.82, 2.24) is 33.8 Å². The Morgan fingerprint density at radius 2 is 2.04 bits per heavy atom. The third-order valence-corrected chi connectivity index (χ3v) is 5.69. The number of hydrogen-bond acceptors (Lipinski definition) is 5. The van der Waals surface area contributed by atoms with E-state index >= 15 is 0 Å². The standard InChI is InChI=1S/C18H23N7O2/c1-12-10-23(18(26)14-9-19-24-6-5-22(2)17(14)24)11-15-20-21-16(25(12)15)13-3-7-27-8-4-13/h5-6,9,12-13H,3-4,7-8,10-11H2,1-2H3/t12-/m0/s1. The van der Waals surface area contributed by atoms with Gasteiger partial charge in [0, 0.05) is 45.1 Å². The summed E-state index contributed by atoms with van der Waals surface area (Å²) in [6.07, 6.45) is 7.36. The fourth-order valence-electron chi connectivity index (χ4n) is 4.32. The molecule has 3 aromatic heterocycles. The van der Waals surface area contributed by atoms with Crippen LogP contribution in [0.5, 0.6) is 0 Å². The van der Waals surface area contributed by atoms with Crippen LogP contribution < -0.4 is 0 Å². The Labute approximate surface area is 156 Å². The SMILES string of the molecule is C[C@H]1CN(C(=O)c2cnn3ccn(C)c23)Cc2nnc(C3CCOCC3)n21. The monoisotopic (exact) mass is 369 g/mol. The van der Waals surface area contributed by atoms with Crippen molar-refractivity contribution < 1.29 is 9.53 Å². The molecule has 9 heteroatoms. The van der Waals surface area contributed by atoms with Crippen molar-refractivity contribution in [3.63, 3.8) is 0 Å². The number of rotatable bonds is 2. The molecule has 9 nitrogen and oxygen atoms in total. The Bertz CT molecular complexity index is 995. The molecule has 1 saturated heterocycles. The lowest BCUT2D eigenvalue weighted by Crippen LogP contribution is -2.41. The van der Waals surface area contributed by atoms with E-state index in [2.05, 4.69) is 26.8 Å². The number of ether oxygens (including phenoxy) is 1. The number of carbonyl (C=O) groups excluding carboxylic acids is 1. The smallest absolute Gasteiger partial charge is 0.259 e. The molecular formula is C18H23N7O2. The van der Waals surface area contributed by atoms with E-state index in [0.29, 0.717) is 24.6 Å².